The number of carbonyl (C=O) groups excluding carboxylic acids is 1. The fourth-order valence-electron chi connectivity index (χ4n) is 2.20. The third-order valence-electron chi connectivity index (χ3n) is 3.24. The molecule has 1 aromatic rings. The lowest BCUT2D eigenvalue weighted by atomic mass is 9.99. The van der Waals surface area contributed by atoms with E-state index in [1.807, 2.05) is 24.3 Å². The van der Waals surface area contributed by atoms with Crippen molar-refractivity contribution in [1.29, 1.82) is 0 Å². The maximum absolute atomic E-state index is 12.1. The first-order valence-corrected chi connectivity index (χ1v) is 7.04. The van der Waals surface area contributed by atoms with Crippen LogP contribution in [0.1, 0.15) is 26.2 Å². The molecule has 0 aliphatic carbocycles. The molecule has 0 radical (unpaired) electrons. The first-order valence-electron chi connectivity index (χ1n) is 7.04. The van der Waals surface area contributed by atoms with E-state index < -0.39 is 0 Å². The SMILES string of the molecule is CCCOc1cccc(NC(=O)[C@@H]2CCCNC2)c1. The summed E-state index contributed by atoms with van der Waals surface area (Å²) in [5.41, 5.74) is 0.809. The second-order valence-corrected chi connectivity index (χ2v) is 4.91. The number of hydrogen-bond donors (Lipinski definition) is 2. The highest BCUT2D eigenvalue weighted by atomic mass is 16.5. The van der Waals surface area contributed by atoms with E-state index in [4.69, 9.17) is 4.74 Å². The van der Waals surface area contributed by atoms with Crippen molar-refractivity contribution in [3.8, 4) is 5.75 Å². The van der Waals surface area contributed by atoms with Gasteiger partial charge in [0.15, 0.2) is 0 Å². The van der Waals surface area contributed by atoms with Gasteiger partial charge in [-0.3, -0.25) is 4.79 Å². The Kier molecular flexibility index (Phi) is 5.21. The summed E-state index contributed by atoms with van der Waals surface area (Å²) in [6.07, 6.45) is 3.01. The van der Waals surface area contributed by atoms with E-state index in [2.05, 4.69) is 17.6 Å². The summed E-state index contributed by atoms with van der Waals surface area (Å²) in [6, 6.07) is 7.59. The summed E-state index contributed by atoms with van der Waals surface area (Å²) in [6.45, 7) is 4.56. The molecule has 2 rings (SSSR count). The van der Waals surface area contributed by atoms with Crippen LogP contribution < -0.4 is 15.4 Å². The molecule has 1 aromatic carbocycles. The van der Waals surface area contributed by atoms with Crippen LogP contribution in [0.4, 0.5) is 5.69 Å². The molecule has 0 bridgehead atoms. The van der Waals surface area contributed by atoms with Gasteiger partial charge in [-0.2, -0.15) is 0 Å². The largest absolute Gasteiger partial charge is 0.494 e. The minimum atomic E-state index is 0.0777. The Labute approximate surface area is 114 Å². The van der Waals surface area contributed by atoms with Crippen LogP contribution in [0.25, 0.3) is 0 Å². The van der Waals surface area contributed by atoms with Gasteiger partial charge in [-0.15, -0.1) is 0 Å². The van der Waals surface area contributed by atoms with Gasteiger partial charge in [-0.25, -0.2) is 0 Å². The highest BCUT2D eigenvalue weighted by Crippen LogP contribution is 2.19. The van der Waals surface area contributed by atoms with Gasteiger partial charge in [0.25, 0.3) is 0 Å². The quantitative estimate of drug-likeness (QED) is 0.856. The highest BCUT2D eigenvalue weighted by molar-refractivity contribution is 5.92. The molecule has 1 heterocycles. The zero-order valence-electron chi connectivity index (χ0n) is 11.4. The van der Waals surface area contributed by atoms with Crippen LogP contribution in [0.15, 0.2) is 24.3 Å². The molecule has 0 saturated carbocycles. The average Bonchev–Trinajstić information content (AvgIpc) is 2.46. The van der Waals surface area contributed by atoms with Gasteiger partial charge in [0.05, 0.1) is 12.5 Å². The fourth-order valence-corrected chi connectivity index (χ4v) is 2.20. The molecule has 19 heavy (non-hydrogen) atoms. The van der Waals surface area contributed by atoms with Crippen molar-refractivity contribution in [2.24, 2.45) is 5.92 Å². The van der Waals surface area contributed by atoms with Crippen molar-refractivity contribution in [1.82, 2.24) is 5.32 Å². The molecule has 104 valence electrons. The Balaban J connectivity index is 1.92. The third kappa shape index (κ3) is 4.24. The van der Waals surface area contributed by atoms with Gasteiger partial charge in [-0.1, -0.05) is 13.0 Å². The van der Waals surface area contributed by atoms with E-state index in [1.54, 1.807) is 0 Å². The van der Waals surface area contributed by atoms with Crippen LogP contribution >= 0.6 is 0 Å². The zero-order chi connectivity index (χ0) is 13.5. The molecule has 0 aromatic heterocycles. The van der Waals surface area contributed by atoms with Gasteiger partial charge in [-0.05, 0) is 37.9 Å². The number of benzene rings is 1. The Hall–Kier alpha value is -1.55. The van der Waals surface area contributed by atoms with Crippen LogP contribution in [0.3, 0.4) is 0 Å². The Morgan fingerprint density at radius 3 is 3.16 bits per heavy atom. The number of ether oxygens (including phenoxy) is 1. The van der Waals surface area contributed by atoms with Crippen LogP contribution in [0, 0.1) is 5.92 Å². The van der Waals surface area contributed by atoms with Gasteiger partial charge < -0.3 is 15.4 Å². The smallest absolute Gasteiger partial charge is 0.228 e. The summed E-state index contributed by atoms with van der Waals surface area (Å²) in [5, 5.41) is 6.22. The molecule has 1 aliphatic heterocycles. The standard InChI is InChI=1S/C15H22N2O2/c1-2-9-19-14-7-3-6-13(10-14)17-15(18)12-5-4-8-16-11-12/h3,6-7,10,12,16H,2,4-5,8-9,11H2,1H3,(H,17,18)/t12-/m1/s1. The van der Waals surface area contributed by atoms with Crippen molar-refractivity contribution in [3.05, 3.63) is 24.3 Å². The number of nitrogens with one attached hydrogen (secondary N) is 2. The summed E-state index contributed by atoms with van der Waals surface area (Å²) in [4.78, 5) is 12.1. The maximum Gasteiger partial charge on any atom is 0.228 e. The average molecular weight is 262 g/mol. The Bertz CT molecular complexity index is 414. The minimum absolute atomic E-state index is 0.0777. The van der Waals surface area contributed by atoms with Gasteiger partial charge in [0.2, 0.25) is 5.91 Å². The predicted molar refractivity (Wildman–Crippen MR) is 76.5 cm³/mol. The number of hydrogen-bond acceptors (Lipinski definition) is 3. The van der Waals surface area contributed by atoms with E-state index in [0.29, 0.717) is 6.61 Å². The molecular formula is C15H22N2O2. The van der Waals surface area contributed by atoms with E-state index >= 15 is 0 Å². The van der Waals surface area contributed by atoms with Gasteiger partial charge >= 0.3 is 0 Å². The van der Waals surface area contributed by atoms with Crippen LogP contribution in [-0.4, -0.2) is 25.6 Å². The lowest BCUT2D eigenvalue weighted by Crippen LogP contribution is -2.37. The molecule has 0 unspecified atom stereocenters. The lowest BCUT2D eigenvalue weighted by Gasteiger charge is -2.22. The number of rotatable bonds is 5. The predicted octanol–water partition coefficient (Wildman–Crippen LogP) is 2.41. The van der Waals surface area contributed by atoms with Gasteiger partial charge in [0.1, 0.15) is 5.75 Å². The monoisotopic (exact) mass is 262 g/mol. The zero-order valence-corrected chi connectivity index (χ0v) is 11.4. The molecule has 1 amide bonds. The lowest BCUT2D eigenvalue weighted by molar-refractivity contribution is -0.120. The van der Waals surface area contributed by atoms with E-state index in [0.717, 1.165) is 43.8 Å². The molecule has 4 nitrogen and oxygen atoms in total. The number of piperidine rings is 1. The van der Waals surface area contributed by atoms with Crippen LogP contribution in [-0.2, 0) is 4.79 Å². The van der Waals surface area contributed by atoms with E-state index in [1.165, 1.54) is 0 Å². The van der Waals surface area contributed by atoms with Crippen molar-refractivity contribution in [2.75, 3.05) is 25.0 Å². The van der Waals surface area contributed by atoms with E-state index in [9.17, 15) is 4.79 Å². The highest BCUT2D eigenvalue weighted by Gasteiger charge is 2.20. The van der Waals surface area contributed by atoms with Crippen molar-refractivity contribution < 1.29 is 9.53 Å². The molecule has 2 N–H and O–H groups in total. The number of anilines is 1. The second kappa shape index (κ2) is 7.14. The topological polar surface area (TPSA) is 50.4 Å². The molecule has 1 atom stereocenters. The summed E-state index contributed by atoms with van der Waals surface area (Å²) < 4.78 is 5.56. The number of carbonyl (C=O) groups is 1. The molecule has 1 fully saturated rings. The summed E-state index contributed by atoms with van der Waals surface area (Å²) in [7, 11) is 0. The molecule has 0 spiro atoms. The van der Waals surface area contributed by atoms with E-state index in [-0.39, 0.29) is 11.8 Å². The summed E-state index contributed by atoms with van der Waals surface area (Å²) >= 11 is 0. The second-order valence-electron chi connectivity index (χ2n) is 4.91. The van der Waals surface area contributed by atoms with Gasteiger partial charge in [0, 0.05) is 18.3 Å². The minimum Gasteiger partial charge on any atom is -0.494 e. The summed E-state index contributed by atoms with van der Waals surface area (Å²) in [5.74, 6) is 0.982. The first-order chi connectivity index (χ1) is 9.29. The maximum atomic E-state index is 12.1. The van der Waals surface area contributed by atoms with Crippen molar-refractivity contribution in [2.45, 2.75) is 26.2 Å². The third-order valence-corrected chi connectivity index (χ3v) is 3.24. The normalized spacial score (nSPS) is 18.9. The fraction of sp³-hybridized carbons (Fsp3) is 0.533. The number of amides is 1. The first kappa shape index (κ1) is 13.9. The molecule has 4 heteroatoms. The van der Waals surface area contributed by atoms with Crippen LogP contribution in [0.2, 0.25) is 0 Å². The molecule has 1 saturated heterocycles. The molecule has 1 aliphatic rings. The Morgan fingerprint density at radius 1 is 1.53 bits per heavy atom. The Morgan fingerprint density at radius 2 is 2.42 bits per heavy atom. The van der Waals surface area contributed by atoms with Crippen LogP contribution in [0.5, 0.6) is 5.75 Å². The van der Waals surface area contributed by atoms with Crippen molar-refractivity contribution >= 4 is 11.6 Å². The van der Waals surface area contributed by atoms with Crippen molar-refractivity contribution in [3.63, 3.8) is 0 Å². The molecular weight excluding hydrogens is 240 g/mol.